The molecular weight excluding hydrogens is 392 g/mol. The number of carbonyl (C=O) groups is 2. The van der Waals surface area contributed by atoms with Crippen LogP contribution in [0.25, 0.3) is 0 Å². The molecule has 0 heterocycles. The highest BCUT2D eigenvalue weighted by Crippen LogP contribution is 2.34. The third kappa shape index (κ3) is 5.47. The molecule has 1 N–H and O–H groups in total. The van der Waals surface area contributed by atoms with Crippen LogP contribution in [0.2, 0.25) is 0 Å². The maximum absolute atomic E-state index is 12.4. The van der Waals surface area contributed by atoms with Crippen LogP contribution in [0, 0.1) is 10.1 Å². The Morgan fingerprint density at radius 1 is 1.10 bits per heavy atom. The molecule has 1 amide bonds. The molecule has 0 saturated heterocycles. The fraction of sp³-hybridized carbons (Fsp3) is 0.333. The van der Waals surface area contributed by atoms with Crippen molar-refractivity contribution in [3.63, 3.8) is 0 Å². The maximum Gasteiger partial charge on any atom is 0.345 e. The summed E-state index contributed by atoms with van der Waals surface area (Å²) < 4.78 is 15.1. The van der Waals surface area contributed by atoms with E-state index in [1.54, 1.807) is 6.92 Å². The van der Waals surface area contributed by atoms with Crippen molar-refractivity contribution < 1.29 is 28.7 Å². The monoisotopic (exact) mass is 416 g/mol. The SMILES string of the molecule is CCc1ccc([C@@H](C)NC(=O)COC(=O)c2cc(OC)c(OC)cc2[N+](=O)[O-])cc1. The van der Waals surface area contributed by atoms with E-state index in [4.69, 9.17) is 14.2 Å². The molecule has 0 saturated carbocycles. The Morgan fingerprint density at radius 2 is 1.70 bits per heavy atom. The minimum atomic E-state index is -1.02. The van der Waals surface area contributed by atoms with Crippen molar-refractivity contribution in [2.24, 2.45) is 0 Å². The van der Waals surface area contributed by atoms with Gasteiger partial charge in [-0.15, -0.1) is 0 Å². The van der Waals surface area contributed by atoms with E-state index in [2.05, 4.69) is 12.2 Å². The van der Waals surface area contributed by atoms with Gasteiger partial charge >= 0.3 is 5.97 Å². The van der Waals surface area contributed by atoms with Crippen molar-refractivity contribution >= 4 is 17.6 Å². The summed E-state index contributed by atoms with van der Waals surface area (Å²) in [6, 6.07) is 9.72. The molecule has 2 aromatic rings. The average molecular weight is 416 g/mol. The molecule has 0 fully saturated rings. The minimum Gasteiger partial charge on any atom is -0.493 e. The molecule has 1 atom stereocenters. The number of nitro benzene ring substituents is 1. The highest BCUT2D eigenvalue weighted by atomic mass is 16.6. The number of hydrogen-bond acceptors (Lipinski definition) is 7. The first-order chi connectivity index (χ1) is 14.3. The molecule has 9 nitrogen and oxygen atoms in total. The number of nitro groups is 1. The Hall–Kier alpha value is -3.62. The van der Waals surface area contributed by atoms with Gasteiger partial charge in [0, 0.05) is 6.07 Å². The number of nitrogens with zero attached hydrogens (tertiary/aromatic N) is 1. The molecule has 160 valence electrons. The van der Waals surface area contributed by atoms with E-state index in [-0.39, 0.29) is 23.1 Å². The van der Waals surface area contributed by atoms with E-state index < -0.39 is 29.1 Å². The zero-order valence-electron chi connectivity index (χ0n) is 17.3. The van der Waals surface area contributed by atoms with Crippen molar-refractivity contribution in [1.29, 1.82) is 0 Å². The normalized spacial score (nSPS) is 11.3. The summed E-state index contributed by atoms with van der Waals surface area (Å²) in [5.74, 6) is -1.32. The third-order valence-corrected chi connectivity index (χ3v) is 4.52. The third-order valence-electron chi connectivity index (χ3n) is 4.52. The summed E-state index contributed by atoms with van der Waals surface area (Å²) in [5, 5.41) is 14.0. The summed E-state index contributed by atoms with van der Waals surface area (Å²) in [4.78, 5) is 35.1. The largest absolute Gasteiger partial charge is 0.493 e. The van der Waals surface area contributed by atoms with E-state index in [0.29, 0.717) is 0 Å². The van der Waals surface area contributed by atoms with Gasteiger partial charge in [-0.2, -0.15) is 0 Å². The van der Waals surface area contributed by atoms with Crippen LogP contribution in [-0.2, 0) is 16.0 Å². The lowest BCUT2D eigenvalue weighted by Gasteiger charge is -2.15. The molecule has 2 rings (SSSR count). The van der Waals surface area contributed by atoms with Crippen molar-refractivity contribution in [3.8, 4) is 11.5 Å². The van der Waals surface area contributed by atoms with Crippen molar-refractivity contribution in [1.82, 2.24) is 5.32 Å². The first-order valence-electron chi connectivity index (χ1n) is 9.26. The second-order valence-corrected chi connectivity index (χ2v) is 6.44. The molecule has 0 radical (unpaired) electrons. The van der Waals surface area contributed by atoms with Gasteiger partial charge in [-0.25, -0.2) is 4.79 Å². The molecule has 0 bridgehead atoms. The number of benzene rings is 2. The van der Waals surface area contributed by atoms with Crippen LogP contribution in [0.5, 0.6) is 11.5 Å². The number of aryl methyl sites for hydroxylation is 1. The van der Waals surface area contributed by atoms with Crippen molar-refractivity contribution in [3.05, 3.63) is 63.2 Å². The molecule has 30 heavy (non-hydrogen) atoms. The number of hydrogen-bond donors (Lipinski definition) is 1. The molecule has 2 aromatic carbocycles. The second-order valence-electron chi connectivity index (χ2n) is 6.44. The predicted octanol–water partition coefficient (Wildman–Crippen LogP) is 3.21. The Morgan fingerprint density at radius 3 is 2.23 bits per heavy atom. The summed E-state index contributed by atoms with van der Waals surface area (Å²) in [6.45, 7) is 3.28. The molecule has 0 aliphatic carbocycles. The smallest absolute Gasteiger partial charge is 0.345 e. The van der Waals surface area contributed by atoms with Gasteiger partial charge in [-0.1, -0.05) is 31.2 Å². The van der Waals surface area contributed by atoms with Gasteiger partial charge in [-0.3, -0.25) is 14.9 Å². The number of carbonyl (C=O) groups excluding carboxylic acids is 2. The topological polar surface area (TPSA) is 117 Å². The molecule has 9 heteroatoms. The van der Waals surface area contributed by atoms with Crippen LogP contribution in [0.3, 0.4) is 0 Å². The van der Waals surface area contributed by atoms with Gasteiger partial charge in [0.05, 0.1) is 31.3 Å². The van der Waals surface area contributed by atoms with E-state index >= 15 is 0 Å². The van der Waals surface area contributed by atoms with Gasteiger partial charge < -0.3 is 19.5 Å². The van der Waals surface area contributed by atoms with Crippen LogP contribution in [0.1, 0.15) is 41.4 Å². The summed E-state index contributed by atoms with van der Waals surface area (Å²) >= 11 is 0. The van der Waals surface area contributed by atoms with Crippen molar-refractivity contribution in [2.45, 2.75) is 26.3 Å². The van der Waals surface area contributed by atoms with Gasteiger partial charge in [0.25, 0.3) is 11.6 Å². The number of methoxy groups -OCH3 is 2. The fourth-order valence-electron chi connectivity index (χ4n) is 2.80. The van der Waals surface area contributed by atoms with Gasteiger partial charge in [0.2, 0.25) is 0 Å². The lowest BCUT2D eigenvalue weighted by atomic mass is 10.1. The maximum atomic E-state index is 12.4. The van der Waals surface area contributed by atoms with E-state index in [9.17, 15) is 19.7 Å². The molecular formula is C21H24N2O7. The van der Waals surface area contributed by atoms with Crippen LogP contribution in [-0.4, -0.2) is 37.6 Å². The molecule has 0 aromatic heterocycles. The number of esters is 1. The molecule has 0 aliphatic rings. The fourth-order valence-corrected chi connectivity index (χ4v) is 2.80. The lowest BCUT2D eigenvalue weighted by Crippen LogP contribution is -2.31. The Kier molecular flexibility index (Phi) is 7.74. The highest BCUT2D eigenvalue weighted by molar-refractivity contribution is 5.96. The first-order valence-corrected chi connectivity index (χ1v) is 9.26. The van der Waals surface area contributed by atoms with E-state index in [0.717, 1.165) is 24.1 Å². The van der Waals surface area contributed by atoms with Gasteiger partial charge in [0.1, 0.15) is 5.56 Å². The zero-order valence-corrected chi connectivity index (χ0v) is 17.3. The highest BCUT2D eigenvalue weighted by Gasteiger charge is 2.26. The lowest BCUT2D eigenvalue weighted by molar-refractivity contribution is -0.385. The quantitative estimate of drug-likeness (QED) is 0.379. The van der Waals surface area contributed by atoms with Gasteiger partial charge in [-0.05, 0) is 24.5 Å². The number of nitrogens with one attached hydrogen (secondary N) is 1. The Labute approximate surface area is 174 Å². The van der Waals surface area contributed by atoms with E-state index in [1.807, 2.05) is 24.3 Å². The minimum absolute atomic E-state index is 0.0985. The van der Waals surface area contributed by atoms with Crippen LogP contribution < -0.4 is 14.8 Å². The average Bonchev–Trinajstić information content (AvgIpc) is 2.76. The standard InChI is InChI=1S/C21H24N2O7/c1-5-14-6-8-15(9-7-14)13(2)22-20(24)12-30-21(25)16-10-18(28-3)19(29-4)11-17(16)23(26)27/h6-11,13H,5,12H2,1-4H3,(H,22,24)/t13-/m1/s1. The molecule has 0 unspecified atom stereocenters. The first kappa shape index (κ1) is 22.7. The Balaban J connectivity index is 2.05. The zero-order chi connectivity index (χ0) is 22.3. The van der Waals surface area contributed by atoms with Crippen LogP contribution >= 0.6 is 0 Å². The predicted molar refractivity (Wildman–Crippen MR) is 109 cm³/mol. The summed E-state index contributed by atoms with van der Waals surface area (Å²) in [7, 11) is 2.65. The Bertz CT molecular complexity index is 926. The summed E-state index contributed by atoms with van der Waals surface area (Å²) in [6.07, 6.45) is 0.916. The number of rotatable bonds is 9. The molecule has 0 spiro atoms. The van der Waals surface area contributed by atoms with Crippen molar-refractivity contribution in [2.75, 3.05) is 20.8 Å². The second kappa shape index (κ2) is 10.2. The number of ether oxygens (including phenoxy) is 3. The van der Waals surface area contributed by atoms with Crippen LogP contribution in [0.4, 0.5) is 5.69 Å². The van der Waals surface area contributed by atoms with Crippen LogP contribution in [0.15, 0.2) is 36.4 Å². The molecule has 0 aliphatic heterocycles. The number of amides is 1. The van der Waals surface area contributed by atoms with E-state index in [1.165, 1.54) is 19.8 Å². The van der Waals surface area contributed by atoms with Gasteiger partial charge in [0.15, 0.2) is 18.1 Å². The summed E-state index contributed by atoms with van der Waals surface area (Å²) in [5.41, 5.74) is 1.24.